The standard InChI is InChI=1S/C25H45N.H2O/c1-4-5-6-7-8-9-10-11-12-13-14-15-19-22-25(26(2)3)23-24-20-17-16-18-21-24;/h16-18,20-21,25H,4-15,19,22-23H2,1-3H3;1H2. The van der Waals surface area contributed by atoms with Gasteiger partial charge in [0.05, 0.1) is 0 Å². The minimum Gasteiger partial charge on any atom is -0.412 e. The van der Waals surface area contributed by atoms with Crippen molar-refractivity contribution in [3.8, 4) is 0 Å². The van der Waals surface area contributed by atoms with Gasteiger partial charge in [0.15, 0.2) is 0 Å². The molecule has 0 amide bonds. The molecular weight excluding hydrogens is 330 g/mol. The Morgan fingerprint density at radius 1 is 0.667 bits per heavy atom. The number of likely N-dealkylation sites (N-methyl/N-ethyl adjacent to an activating group) is 1. The van der Waals surface area contributed by atoms with Crippen LogP contribution in [0.4, 0.5) is 0 Å². The van der Waals surface area contributed by atoms with Crippen LogP contribution in [0.15, 0.2) is 30.3 Å². The van der Waals surface area contributed by atoms with E-state index in [1.165, 1.54) is 102 Å². The maximum atomic E-state index is 2.41. The minimum absolute atomic E-state index is 0. The second kappa shape index (κ2) is 18.5. The largest absolute Gasteiger partial charge is 0.412 e. The van der Waals surface area contributed by atoms with Gasteiger partial charge in [-0.25, -0.2) is 0 Å². The lowest BCUT2D eigenvalue weighted by Gasteiger charge is -2.24. The Hall–Kier alpha value is -0.860. The van der Waals surface area contributed by atoms with Gasteiger partial charge in [0.25, 0.3) is 0 Å². The molecule has 1 atom stereocenters. The van der Waals surface area contributed by atoms with Crippen molar-refractivity contribution in [2.75, 3.05) is 14.1 Å². The normalized spacial score (nSPS) is 12.1. The summed E-state index contributed by atoms with van der Waals surface area (Å²) in [6, 6.07) is 11.6. The van der Waals surface area contributed by atoms with E-state index in [2.05, 4.69) is 56.3 Å². The first-order valence-corrected chi connectivity index (χ1v) is 11.4. The average Bonchev–Trinajstić information content (AvgIpc) is 2.65. The molecule has 27 heavy (non-hydrogen) atoms. The summed E-state index contributed by atoms with van der Waals surface area (Å²) in [5.41, 5.74) is 1.47. The molecule has 0 aliphatic rings. The molecule has 1 unspecified atom stereocenters. The summed E-state index contributed by atoms with van der Waals surface area (Å²) < 4.78 is 0. The van der Waals surface area contributed by atoms with Crippen LogP contribution in [0.1, 0.15) is 102 Å². The Kier molecular flexibility index (Phi) is 17.9. The highest BCUT2D eigenvalue weighted by molar-refractivity contribution is 5.15. The molecule has 0 saturated carbocycles. The van der Waals surface area contributed by atoms with Crippen LogP contribution < -0.4 is 0 Å². The number of unbranched alkanes of at least 4 members (excludes halogenated alkanes) is 12. The maximum Gasteiger partial charge on any atom is 0.0130 e. The maximum absolute atomic E-state index is 2.41. The molecular formula is C25H47NO. The molecule has 0 heterocycles. The van der Waals surface area contributed by atoms with Crippen molar-refractivity contribution in [2.45, 2.75) is 109 Å². The zero-order valence-corrected chi connectivity index (χ0v) is 18.5. The molecule has 2 heteroatoms. The first-order chi connectivity index (χ1) is 12.7. The highest BCUT2D eigenvalue weighted by Crippen LogP contribution is 2.16. The fraction of sp³-hybridized carbons (Fsp3) is 0.760. The molecule has 0 spiro atoms. The number of hydrogen-bond acceptors (Lipinski definition) is 1. The summed E-state index contributed by atoms with van der Waals surface area (Å²) in [7, 11) is 4.46. The van der Waals surface area contributed by atoms with Crippen LogP contribution in [0.25, 0.3) is 0 Å². The molecule has 0 aliphatic carbocycles. The van der Waals surface area contributed by atoms with Gasteiger partial charge in [-0.3, -0.25) is 0 Å². The van der Waals surface area contributed by atoms with Gasteiger partial charge >= 0.3 is 0 Å². The predicted molar refractivity (Wildman–Crippen MR) is 122 cm³/mol. The van der Waals surface area contributed by atoms with Crippen LogP contribution in [0.5, 0.6) is 0 Å². The van der Waals surface area contributed by atoms with Crippen molar-refractivity contribution in [1.29, 1.82) is 0 Å². The summed E-state index contributed by atoms with van der Waals surface area (Å²) in [6.45, 7) is 2.30. The monoisotopic (exact) mass is 377 g/mol. The van der Waals surface area contributed by atoms with Crippen LogP contribution in [-0.2, 0) is 6.42 Å². The molecule has 158 valence electrons. The molecule has 2 nitrogen and oxygen atoms in total. The van der Waals surface area contributed by atoms with Gasteiger partial charge in [-0.2, -0.15) is 0 Å². The van der Waals surface area contributed by atoms with E-state index in [4.69, 9.17) is 0 Å². The van der Waals surface area contributed by atoms with Gasteiger partial charge in [-0.05, 0) is 32.5 Å². The molecule has 0 saturated heterocycles. The zero-order chi connectivity index (χ0) is 18.9. The van der Waals surface area contributed by atoms with Crippen LogP contribution in [0.3, 0.4) is 0 Å². The van der Waals surface area contributed by atoms with Crippen molar-refractivity contribution < 1.29 is 5.48 Å². The van der Waals surface area contributed by atoms with E-state index < -0.39 is 0 Å². The first-order valence-electron chi connectivity index (χ1n) is 11.4. The predicted octanol–water partition coefficient (Wildman–Crippen LogP) is 6.82. The Bertz CT molecular complexity index is 404. The van der Waals surface area contributed by atoms with E-state index in [9.17, 15) is 0 Å². The molecule has 1 rings (SSSR count). The number of hydrogen-bond donors (Lipinski definition) is 0. The smallest absolute Gasteiger partial charge is 0.0130 e. The van der Waals surface area contributed by atoms with Gasteiger partial charge < -0.3 is 10.4 Å². The zero-order valence-electron chi connectivity index (χ0n) is 18.5. The van der Waals surface area contributed by atoms with Crippen molar-refractivity contribution >= 4 is 0 Å². The molecule has 2 N–H and O–H groups in total. The second-order valence-corrected chi connectivity index (χ2v) is 8.34. The third kappa shape index (κ3) is 14.8. The van der Waals surface area contributed by atoms with Crippen molar-refractivity contribution in [1.82, 2.24) is 4.90 Å². The van der Waals surface area contributed by atoms with Crippen molar-refractivity contribution in [3.63, 3.8) is 0 Å². The highest BCUT2D eigenvalue weighted by atomic mass is 16.0. The Morgan fingerprint density at radius 2 is 1.11 bits per heavy atom. The Labute approximate surface area is 170 Å². The lowest BCUT2D eigenvalue weighted by Crippen LogP contribution is -2.30. The third-order valence-corrected chi connectivity index (χ3v) is 5.69. The van der Waals surface area contributed by atoms with E-state index in [1.54, 1.807) is 0 Å². The van der Waals surface area contributed by atoms with E-state index in [-0.39, 0.29) is 5.48 Å². The van der Waals surface area contributed by atoms with E-state index in [0.29, 0.717) is 6.04 Å². The Balaban J connectivity index is 0.00000676. The summed E-state index contributed by atoms with van der Waals surface area (Å²) >= 11 is 0. The molecule has 0 aromatic heterocycles. The minimum atomic E-state index is 0. The van der Waals surface area contributed by atoms with Gasteiger partial charge in [0.2, 0.25) is 0 Å². The number of nitrogens with zero attached hydrogens (tertiary/aromatic N) is 1. The van der Waals surface area contributed by atoms with E-state index in [1.807, 2.05) is 0 Å². The van der Waals surface area contributed by atoms with Gasteiger partial charge in [-0.1, -0.05) is 121 Å². The fourth-order valence-corrected chi connectivity index (χ4v) is 3.83. The molecule has 0 bridgehead atoms. The molecule has 1 aromatic rings. The number of rotatable bonds is 17. The van der Waals surface area contributed by atoms with E-state index >= 15 is 0 Å². The second-order valence-electron chi connectivity index (χ2n) is 8.34. The van der Waals surface area contributed by atoms with Gasteiger partial charge in [0.1, 0.15) is 0 Å². The fourth-order valence-electron chi connectivity index (χ4n) is 3.83. The molecule has 0 aliphatic heterocycles. The SMILES string of the molecule is CCCCCCCCCCCCCCCC(Cc1ccccc1)N(C)C.O. The van der Waals surface area contributed by atoms with E-state index in [0.717, 1.165) is 0 Å². The first kappa shape index (κ1) is 26.1. The Morgan fingerprint density at radius 3 is 1.56 bits per heavy atom. The molecule has 0 fully saturated rings. The lowest BCUT2D eigenvalue weighted by molar-refractivity contribution is 0.269. The summed E-state index contributed by atoms with van der Waals surface area (Å²) in [6.07, 6.45) is 21.2. The topological polar surface area (TPSA) is 34.7 Å². The van der Waals surface area contributed by atoms with Gasteiger partial charge in [0, 0.05) is 6.04 Å². The van der Waals surface area contributed by atoms with Crippen molar-refractivity contribution in [2.24, 2.45) is 0 Å². The van der Waals surface area contributed by atoms with Gasteiger partial charge in [-0.15, -0.1) is 0 Å². The van der Waals surface area contributed by atoms with Crippen LogP contribution in [0.2, 0.25) is 0 Å². The molecule has 0 radical (unpaired) electrons. The summed E-state index contributed by atoms with van der Waals surface area (Å²) in [4.78, 5) is 2.41. The quantitative estimate of drug-likeness (QED) is 0.274. The molecule has 1 aromatic carbocycles. The summed E-state index contributed by atoms with van der Waals surface area (Å²) in [5, 5.41) is 0. The summed E-state index contributed by atoms with van der Waals surface area (Å²) in [5.74, 6) is 0. The van der Waals surface area contributed by atoms with Crippen LogP contribution in [0, 0.1) is 0 Å². The van der Waals surface area contributed by atoms with Crippen molar-refractivity contribution in [3.05, 3.63) is 35.9 Å². The van der Waals surface area contributed by atoms with Crippen LogP contribution in [-0.4, -0.2) is 30.5 Å². The number of benzene rings is 1. The van der Waals surface area contributed by atoms with Crippen LogP contribution >= 0.6 is 0 Å². The average molecular weight is 378 g/mol. The third-order valence-electron chi connectivity index (χ3n) is 5.69. The highest BCUT2D eigenvalue weighted by Gasteiger charge is 2.11. The lowest BCUT2D eigenvalue weighted by atomic mass is 9.98.